The number of benzene rings is 1. The lowest BCUT2D eigenvalue weighted by atomic mass is 10.0. The highest BCUT2D eigenvalue weighted by molar-refractivity contribution is 9.10. The highest BCUT2D eigenvalue weighted by Gasteiger charge is 2.22. The summed E-state index contributed by atoms with van der Waals surface area (Å²) in [4.78, 5) is 21.8. The SMILES string of the molecule is COc1c(CC(N)C(=O)O)cc(Br)c(C=O)c1OC. The standard InChI is InChI=1S/C12H14BrNO5/c1-18-10-6(4-9(14)12(16)17)3-8(13)7(5-15)11(10)19-2/h3,5,9H,4,14H2,1-2H3,(H,16,17). The molecule has 1 aromatic carbocycles. The third kappa shape index (κ3) is 3.24. The molecular formula is C12H14BrNO5. The van der Waals surface area contributed by atoms with Crippen LogP contribution in [0.15, 0.2) is 10.5 Å². The van der Waals surface area contributed by atoms with Crippen LogP contribution in [0.2, 0.25) is 0 Å². The smallest absolute Gasteiger partial charge is 0.320 e. The Bertz CT molecular complexity index is 503. The molecule has 0 spiro atoms. The molecule has 0 aliphatic carbocycles. The van der Waals surface area contributed by atoms with Crippen LogP contribution in [0.5, 0.6) is 11.5 Å². The van der Waals surface area contributed by atoms with Crippen LogP contribution in [0.1, 0.15) is 15.9 Å². The van der Waals surface area contributed by atoms with Gasteiger partial charge in [0.25, 0.3) is 0 Å². The first-order valence-electron chi connectivity index (χ1n) is 5.33. The van der Waals surface area contributed by atoms with Crippen LogP contribution in [-0.2, 0) is 11.2 Å². The minimum Gasteiger partial charge on any atom is -0.493 e. The van der Waals surface area contributed by atoms with Gasteiger partial charge < -0.3 is 20.3 Å². The molecule has 0 aromatic heterocycles. The molecule has 0 bridgehead atoms. The number of halogens is 1. The van der Waals surface area contributed by atoms with E-state index >= 15 is 0 Å². The van der Waals surface area contributed by atoms with Gasteiger partial charge in [0, 0.05) is 16.5 Å². The number of nitrogens with two attached hydrogens (primary N) is 1. The predicted molar refractivity (Wildman–Crippen MR) is 71.9 cm³/mol. The van der Waals surface area contributed by atoms with Crippen LogP contribution in [0.3, 0.4) is 0 Å². The minimum absolute atomic E-state index is 0.0621. The zero-order valence-electron chi connectivity index (χ0n) is 10.5. The summed E-state index contributed by atoms with van der Waals surface area (Å²) in [7, 11) is 2.81. The quantitative estimate of drug-likeness (QED) is 0.761. The number of carbonyl (C=O) groups excluding carboxylic acids is 1. The van der Waals surface area contributed by atoms with Crippen LogP contribution >= 0.6 is 15.9 Å². The maximum Gasteiger partial charge on any atom is 0.320 e. The van der Waals surface area contributed by atoms with E-state index in [1.54, 1.807) is 6.07 Å². The topological polar surface area (TPSA) is 98.9 Å². The molecular weight excluding hydrogens is 318 g/mol. The molecule has 0 aliphatic heterocycles. The van der Waals surface area contributed by atoms with E-state index < -0.39 is 12.0 Å². The van der Waals surface area contributed by atoms with Gasteiger partial charge in [-0.3, -0.25) is 9.59 Å². The highest BCUT2D eigenvalue weighted by Crippen LogP contribution is 2.39. The maximum absolute atomic E-state index is 11.0. The molecule has 0 amide bonds. The van der Waals surface area contributed by atoms with Crippen LogP contribution in [0, 0.1) is 0 Å². The molecule has 7 heteroatoms. The van der Waals surface area contributed by atoms with E-state index in [1.165, 1.54) is 14.2 Å². The van der Waals surface area contributed by atoms with Gasteiger partial charge in [-0.25, -0.2) is 0 Å². The number of aldehydes is 1. The monoisotopic (exact) mass is 331 g/mol. The lowest BCUT2D eigenvalue weighted by molar-refractivity contribution is -0.138. The molecule has 3 N–H and O–H groups in total. The summed E-state index contributed by atoms with van der Waals surface area (Å²) >= 11 is 3.23. The number of carboxylic acids is 1. The third-order valence-electron chi connectivity index (χ3n) is 2.58. The van der Waals surface area contributed by atoms with Gasteiger partial charge in [-0.15, -0.1) is 0 Å². The molecule has 0 aliphatic rings. The number of hydrogen-bond donors (Lipinski definition) is 2. The van der Waals surface area contributed by atoms with Gasteiger partial charge in [0.2, 0.25) is 0 Å². The fraction of sp³-hybridized carbons (Fsp3) is 0.333. The Hall–Kier alpha value is -1.60. The second kappa shape index (κ2) is 6.53. The normalized spacial score (nSPS) is 11.8. The number of rotatable bonds is 6. The zero-order chi connectivity index (χ0) is 14.6. The average Bonchev–Trinajstić information content (AvgIpc) is 2.37. The van der Waals surface area contributed by atoms with Crippen molar-refractivity contribution in [3.8, 4) is 11.5 Å². The zero-order valence-corrected chi connectivity index (χ0v) is 12.1. The molecule has 104 valence electrons. The van der Waals surface area contributed by atoms with Gasteiger partial charge in [-0.1, -0.05) is 0 Å². The van der Waals surface area contributed by atoms with Crippen molar-refractivity contribution in [2.24, 2.45) is 5.73 Å². The van der Waals surface area contributed by atoms with Crippen molar-refractivity contribution in [2.75, 3.05) is 14.2 Å². The van der Waals surface area contributed by atoms with Crippen molar-refractivity contribution in [3.63, 3.8) is 0 Å². The molecule has 0 radical (unpaired) electrons. The lowest BCUT2D eigenvalue weighted by Crippen LogP contribution is -2.32. The summed E-state index contributed by atoms with van der Waals surface area (Å²) in [5, 5.41) is 8.84. The third-order valence-corrected chi connectivity index (χ3v) is 3.24. The van der Waals surface area contributed by atoms with Gasteiger partial charge in [0.05, 0.1) is 19.8 Å². The predicted octanol–water partition coefficient (Wildman–Crippen LogP) is 1.23. The van der Waals surface area contributed by atoms with Crippen LogP contribution in [-0.4, -0.2) is 37.6 Å². The molecule has 1 aromatic rings. The molecule has 1 atom stereocenters. The largest absolute Gasteiger partial charge is 0.493 e. The summed E-state index contributed by atoms with van der Waals surface area (Å²) in [6, 6.07) is 0.543. The summed E-state index contributed by atoms with van der Waals surface area (Å²) in [6.07, 6.45) is 0.693. The Morgan fingerprint density at radius 2 is 2.05 bits per heavy atom. The van der Waals surface area contributed by atoms with Crippen molar-refractivity contribution in [1.82, 2.24) is 0 Å². The van der Waals surface area contributed by atoms with E-state index in [9.17, 15) is 9.59 Å². The van der Waals surface area contributed by atoms with Crippen LogP contribution in [0.25, 0.3) is 0 Å². The van der Waals surface area contributed by atoms with Crippen LogP contribution < -0.4 is 15.2 Å². The van der Waals surface area contributed by atoms with E-state index in [2.05, 4.69) is 15.9 Å². The highest BCUT2D eigenvalue weighted by atomic mass is 79.9. The number of ether oxygens (including phenoxy) is 2. The van der Waals surface area contributed by atoms with Gasteiger partial charge in [-0.2, -0.15) is 0 Å². The minimum atomic E-state index is -1.11. The molecule has 0 fully saturated rings. The second-order valence-electron chi connectivity index (χ2n) is 3.76. The Morgan fingerprint density at radius 3 is 2.47 bits per heavy atom. The Balaban J connectivity index is 3.36. The fourth-order valence-corrected chi connectivity index (χ4v) is 2.23. The number of methoxy groups -OCH3 is 2. The van der Waals surface area contributed by atoms with Crippen LogP contribution in [0.4, 0.5) is 0 Å². The average molecular weight is 332 g/mol. The van der Waals surface area contributed by atoms with Crippen molar-refractivity contribution >= 4 is 28.2 Å². The molecule has 0 saturated heterocycles. The van der Waals surface area contributed by atoms with Gasteiger partial charge in [-0.05, 0) is 22.0 Å². The van der Waals surface area contributed by atoms with E-state index in [4.69, 9.17) is 20.3 Å². The fourth-order valence-electron chi connectivity index (χ4n) is 1.68. The van der Waals surface area contributed by atoms with Gasteiger partial charge in [0.1, 0.15) is 6.04 Å². The van der Waals surface area contributed by atoms with Crippen molar-refractivity contribution in [3.05, 3.63) is 21.7 Å². The first kappa shape index (κ1) is 15.5. The number of hydrogen-bond acceptors (Lipinski definition) is 5. The van der Waals surface area contributed by atoms with Gasteiger partial charge >= 0.3 is 5.97 Å². The number of carbonyl (C=O) groups is 2. The van der Waals surface area contributed by atoms with E-state index in [-0.39, 0.29) is 12.2 Å². The molecule has 19 heavy (non-hydrogen) atoms. The molecule has 6 nitrogen and oxygen atoms in total. The van der Waals surface area contributed by atoms with E-state index in [0.717, 1.165) is 0 Å². The first-order valence-corrected chi connectivity index (χ1v) is 6.12. The van der Waals surface area contributed by atoms with E-state index in [1.807, 2.05) is 0 Å². The van der Waals surface area contributed by atoms with Crippen molar-refractivity contribution in [1.29, 1.82) is 0 Å². The molecule has 0 saturated carbocycles. The Kier molecular flexibility index (Phi) is 5.31. The summed E-state index contributed by atoms with van der Waals surface area (Å²) in [6.45, 7) is 0. The lowest BCUT2D eigenvalue weighted by Gasteiger charge is -2.17. The molecule has 1 rings (SSSR count). The second-order valence-corrected chi connectivity index (χ2v) is 4.62. The number of carboxylic acid groups (broad SMARTS) is 1. The Morgan fingerprint density at radius 1 is 1.47 bits per heavy atom. The Labute approximate surface area is 118 Å². The number of aliphatic carboxylic acids is 1. The summed E-state index contributed by atoms with van der Waals surface area (Å²) in [5.74, 6) is -0.555. The molecule has 1 unspecified atom stereocenters. The summed E-state index contributed by atoms with van der Waals surface area (Å²) in [5.41, 5.74) is 6.35. The van der Waals surface area contributed by atoms with Gasteiger partial charge in [0.15, 0.2) is 17.8 Å². The maximum atomic E-state index is 11.0. The van der Waals surface area contributed by atoms with Crippen molar-refractivity contribution < 1.29 is 24.2 Å². The van der Waals surface area contributed by atoms with Crippen molar-refractivity contribution in [2.45, 2.75) is 12.5 Å². The molecule has 0 heterocycles. The summed E-state index contributed by atoms with van der Waals surface area (Å²) < 4.78 is 10.8. The first-order chi connectivity index (χ1) is 8.96. The van der Waals surface area contributed by atoms with E-state index in [0.29, 0.717) is 27.6 Å².